The van der Waals surface area contributed by atoms with Crippen LogP contribution in [0.3, 0.4) is 0 Å². The lowest BCUT2D eigenvalue weighted by Crippen LogP contribution is -2.40. The zero-order chi connectivity index (χ0) is 24.3. The van der Waals surface area contributed by atoms with Crippen molar-refractivity contribution in [2.75, 3.05) is 43.1 Å². The molecule has 0 saturated carbocycles. The van der Waals surface area contributed by atoms with Gasteiger partial charge in [0.15, 0.2) is 0 Å². The van der Waals surface area contributed by atoms with E-state index in [0.717, 1.165) is 5.56 Å². The van der Waals surface area contributed by atoms with Crippen molar-refractivity contribution < 1.29 is 22.7 Å². The van der Waals surface area contributed by atoms with Crippen LogP contribution in [0.5, 0.6) is 0 Å². The molecule has 0 bridgehead atoms. The molecule has 1 N–H and O–H groups in total. The lowest BCUT2D eigenvalue weighted by atomic mass is 10.0. The van der Waals surface area contributed by atoms with E-state index < -0.39 is 10.0 Å². The Balaban J connectivity index is 1.53. The molecule has 0 radical (unpaired) electrons. The number of benzene rings is 2. The zero-order valence-corrected chi connectivity index (χ0v) is 20.4. The summed E-state index contributed by atoms with van der Waals surface area (Å²) in [6.07, 6.45) is 1.47. The third kappa shape index (κ3) is 5.32. The molecule has 0 unspecified atom stereocenters. The second-order valence-electron chi connectivity index (χ2n) is 8.97. The van der Waals surface area contributed by atoms with Crippen LogP contribution in [0.15, 0.2) is 47.4 Å². The first-order chi connectivity index (χ1) is 16.3. The van der Waals surface area contributed by atoms with Crippen LogP contribution in [-0.4, -0.2) is 57.4 Å². The molecule has 8 nitrogen and oxygen atoms in total. The van der Waals surface area contributed by atoms with Crippen molar-refractivity contribution in [3.05, 3.63) is 53.6 Å². The van der Waals surface area contributed by atoms with Crippen LogP contribution >= 0.6 is 0 Å². The standard InChI is InChI=1S/C25H31N3O5S/c1-18(2)19-6-8-21(9-7-19)26-24(29)17-28-23-11-10-22(16-20(23)4-3-5-25(28)30)34(31,32)27-12-14-33-15-13-27/h6-11,16,18H,3-5,12-15,17H2,1-2H3,(H,26,29). The van der Waals surface area contributed by atoms with Gasteiger partial charge in [0, 0.05) is 30.9 Å². The Kier molecular flexibility index (Phi) is 7.35. The van der Waals surface area contributed by atoms with E-state index in [1.807, 2.05) is 24.3 Å². The van der Waals surface area contributed by atoms with Crippen molar-refractivity contribution in [3.63, 3.8) is 0 Å². The Labute approximate surface area is 200 Å². The number of hydrogen-bond acceptors (Lipinski definition) is 5. The molecule has 0 spiro atoms. The van der Waals surface area contributed by atoms with Crippen molar-refractivity contribution in [2.45, 2.75) is 43.9 Å². The Bertz CT molecular complexity index is 1160. The first kappa shape index (κ1) is 24.4. The second-order valence-corrected chi connectivity index (χ2v) is 10.9. The minimum Gasteiger partial charge on any atom is -0.379 e. The average Bonchev–Trinajstić information content (AvgIpc) is 2.98. The lowest BCUT2D eigenvalue weighted by molar-refractivity contribution is -0.121. The minimum absolute atomic E-state index is 0.132. The Morgan fingerprint density at radius 1 is 1.06 bits per heavy atom. The van der Waals surface area contributed by atoms with Crippen LogP contribution in [0.25, 0.3) is 0 Å². The normalized spacial score (nSPS) is 17.4. The molecule has 1 saturated heterocycles. The van der Waals surface area contributed by atoms with Gasteiger partial charge in [-0.2, -0.15) is 4.31 Å². The predicted octanol–water partition coefficient (Wildman–Crippen LogP) is 3.14. The summed E-state index contributed by atoms with van der Waals surface area (Å²) >= 11 is 0. The number of hydrogen-bond donors (Lipinski definition) is 1. The number of rotatable bonds is 6. The molecule has 2 aliphatic rings. The number of carbonyl (C=O) groups is 2. The van der Waals surface area contributed by atoms with Gasteiger partial charge in [0.1, 0.15) is 6.54 Å². The Morgan fingerprint density at radius 2 is 1.76 bits per heavy atom. The SMILES string of the molecule is CC(C)c1ccc(NC(=O)CN2C(=O)CCCc3cc(S(=O)(=O)N4CCOCC4)ccc32)cc1. The predicted molar refractivity (Wildman–Crippen MR) is 130 cm³/mol. The number of ether oxygens (including phenoxy) is 1. The number of fused-ring (bicyclic) bond motifs is 1. The summed E-state index contributed by atoms with van der Waals surface area (Å²) in [5.74, 6) is -0.0516. The quantitative estimate of drug-likeness (QED) is 0.678. The Hall–Kier alpha value is -2.75. The van der Waals surface area contributed by atoms with E-state index in [2.05, 4.69) is 19.2 Å². The molecular weight excluding hydrogens is 454 g/mol. The highest BCUT2D eigenvalue weighted by Crippen LogP contribution is 2.30. The third-order valence-corrected chi connectivity index (χ3v) is 8.14. The number of sulfonamides is 1. The van der Waals surface area contributed by atoms with Gasteiger partial charge in [0.25, 0.3) is 0 Å². The highest BCUT2D eigenvalue weighted by molar-refractivity contribution is 7.89. The van der Waals surface area contributed by atoms with Crippen LogP contribution in [0.1, 0.15) is 43.7 Å². The number of aryl methyl sites for hydroxylation is 1. The van der Waals surface area contributed by atoms with Gasteiger partial charge in [-0.1, -0.05) is 26.0 Å². The number of anilines is 2. The van der Waals surface area contributed by atoms with Crippen LogP contribution in [0, 0.1) is 0 Å². The maximum absolute atomic E-state index is 13.1. The molecule has 182 valence electrons. The van der Waals surface area contributed by atoms with E-state index in [0.29, 0.717) is 62.9 Å². The summed E-state index contributed by atoms with van der Waals surface area (Å²) in [4.78, 5) is 27.3. The fourth-order valence-electron chi connectivity index (χ4n) is 4.29. The number of morpholine rings is 1. The first-order valence-corrected chi connectivity index (χ1v) is 13.1. The molecule has 2 aromatic rings. The van der Waals surface area contributed by atoms with E-state index in [1.54, 1.807) is 12.1 Å². The summed E-state index contributed by atoms with van der Waals surface area (Å²) in [6, 6.07) is 12.5. The van der Waals surface area contributed by atoms with Gasteiger partial charge in [-0.25, -0.2) is 8.42 Å². The van der Waals surface area contributed by atoms with Crippen molar-refractivity contribution in [2.24, 2.45) is 0 Å². The van der Waals surface area contributed by atoms with E-state index in [4.69, 9.17) is 4.74 Å². The summed E-state index contributed by atoms with van der Waals surface area (Å²) in [7, 11) is -3.64. The molecule has 4 rings (SSSR count). The molecule has 9 heteroatoms. The largest absolute Gasteiger partial charge is 0.379 e. The van der Waals surface area contributed by atoms with Crippen molar-refractivity contribution in [1.29, 1.82) is 0 Å². The van der Waals surface area contributed by atoms with E-state index >= 15 is 0 Å². The fraction of sp³-hybridized carbons (Fsp3) is 0.440. The van der Waals surface area contributed by atoms with E-state index in [9.17, 15) is 18.0 Å². The average molecular weight is 486 g/mol. The van der Waals surface area contributed by atoms with E-state index in [-0.39, 0.29) is 23.3 Å². The molecule has 34 heavy (non-hydrogen) atoms. The molecule has 2 amide bonds. The first-order valence-electron chi connectivity index (χ1n) is 11.7. The highest BCUT2D eigenvalue weighted by atomic mass is 32.2. The van der Waals surface area contributed by atoms with Gasteiger partial charge in [0.05, 0.1) is 18.1 Å². The number of carbonyl (C=O) groups excluding carboxylic acids is 2. The summed E-state index contributed by atoms with van der Waals surface area (Å²) in [5, 5.41) is 2.86. The van der Waals surface area contributed by atoms with Crippen LogP contribution in [-0.2, 0) is 30.8 Å². The smallest absolute Gasteiger partial charge is 0.244 e. The lowest BCUT2D eigenvalue weighted by Gasteiger charge is -2.27. The van der Waals surface area contributed by atoms with Gasteiger partial charge >= 0.3 is 0 Å². The van der Waals surface area contributed by atoms with Crippen molar-refractivity contribution >= 4 is 33.2 Å². The number of nitrogens with one attached hydrogen (secondary N) is 1. The summed E-state index contributed by atoms with van der Waals surface area (Å²) < 4.78 is 32.9. The summed E-state index contributed by atoms with van der Waals surface area (Å²) in [6.45, 7) is 5.47. The van der Waals surface area contributed by atoms with Crippen LogP contribution < -0.4 is 10.2 Å². The Morgan fingerprint density at radius 3 is 2.44 bits per heavy atom. The van der Waals surface area contributed by atoms with Crippen molar-refractivity contribution in [1.82, 2.24) is 4.31 Å². The second kappa shape index (κ2) is 10.2. The van der Waals surface area contributed by atoms with E-state index in [1.165, 1.54) is 20.8 Å². The topological polar surface area (TPSA) is 96.0 Å². The molecule has 0 atom stereocenters. The molecule has 0 aromatic heterocycles. The molecule has 2 aliphatic heterocycles. The van der Waals surface area contributed by atoms with Gasteiger partial charge in [-0.15, -0.1) is 0 Å². The minimum atomic E-state index is -3.64. The molecule has 2 aromatic carbocycles. The fourth-order valence-corrected chi connectivity index (χ4v) is 5.75. The molecular formula is C25H31N3O5S. The van der Waals surface area contributed by atoms with Gasteiger partial charge in [-0.05, 0) is 60.2 Å². The zero-order valence-electron chi connectivity index (χ0n) is 19.6. The molecule has 0 aliphatic carbocycles. The van der Waals surface area contributed by atoms with Gasteiger partial charge < -0.3 is 15.0 Å². The van der Waals surface area contributed by atoms with Crippen LogP contribution in [0.4, 0.5) is 11.4 Å². The maximum Gasteiger partial charge on any atom is 0.244 e. The summed E-state index contributed by atoms with van der Waals surface area (Å²) in [5.41, 5.74) is 3.20. The number of nitrogens with zero attached hydrogens (tertiary/aromatic N) is 2. The van der Waals surface area contributed by atoms with Crippen LogP contribution in [0.2, 0.25) is 0 Å². The highest BCUT2D eigenvalue weighted by Gasteiger charge is 2.29. The van der Waals surface area contributed by atoms with Crippen molar-refractivity contribution in [3.8, 4) is 0 Å². The number of amides is 2. The maximum atomic E-state index is 13.1. The monoisotopic (exact) mass is 485 g/mol. The van der Waals surface area contributed by atoms with Gasteiger partial charge in [-0.3, -0.25) is 9.59 Å². The van der Waals surface area contributed by atoms with Gasteiger partial charge in [0.2, 0.25) is 21.8 Å². The molecule has 1 fully saturated rings. The third-order valence-electron chi connectivity index (χ3n) is 6.25. The molecule has 2 heterocycles.